The number of likely N-dealkylation sites (tertiary alicyclic amines) is 1. The van der Waals surface area contributed by atoms with Crippen LogP contribution in [0.15, 0.2) is 36.7 Å². The van der Waals surface area contributed by atoms with E-state index >= 15 is 0 Å². The largest absolute Gasteiger partial charge is 0.347 e. The third kappa shape index (κ3) is 6.90. The van der Waals surface area contributed by atoms with E-state index in [1.165, 1.54) is 63.3 Å². The summed E-state index contributed by atoms with van der Waals surface area (Å²) in [6.07, 6.45) is 15.7. The second kappa shape index (κ2) is 12.0. The van der Waals surface area contributed by atoms with Crippen molar-refractivity contribution >= 4 is 22.5 Å². The molecule has 1 saturated heterocycles. The topological polar surface area (TPSA) is 68.0 Å². The van der Waals surface area contributed by atoms with Crippen LogP contribution in [-0.2, 0) is 24.4 Å². The smallest absolute Gasteiger partial charge is 0.246 e. The van der Waals surface area contributed by atoms with E-state index in [4.69, 9.17) is 0 Å². The van der Waals surface area contributed by atoms with E-state index < -0.39 is 0 Å². The Balaban J connectivity index is 1.26. The van der Waals surface area contributed by atoms with Gasteiger partial charge in [0.1, 0.15) is 6.54 Å². The van der Waals surface area contributed by atoms with E-state index in [1.54, 1.807) is 4.68 Å². The van der Waals surface area contributed by atoms with E-state index in [9.17, 15) is 4.79 Å². The Morgan fingerprint density at radius 3 is 2.70 bits per heavy atom. The molecular weight excluding hydrogens is 412 g/mol. The second-order valence-electron chi connectivity index (χ2n) is 9.34. The maximum absolute atomic E-state index is 12.6. The molecule has 7 heteroatoms. The predicted molar refractivity (Wildman–Crippen MR) is 133 cm³/mol. The Morgan fingerprint density at radius 2 is 1.85 bits per heavy atom. The highest BCUT2D eigenvalue weighted by atomic mass is 16.2. The molecule has 0 spiro atoms. The van der Waals surface area contributed by atoms with Crippen molar-refractivity contribution in [1.82, 2.24) is 24.5 Å². The molecule has 0 bridgehead atoms. The summed E-state index contributed by atoms with van der Waals surface area (Å²) in [6.45, 7) is 6.53. The van der Waals surface area contributed by atoms with Crippen LogP contribution < -0.4 is 5.32 Å². The number of fused-ring (bicyclic) bond motifs is 1. The van der Waals surface area contributed by atoms with E-state index in [2.05, 4.69) is 50.3 Å². The fourth-order valence-corrected chi connectivity index (χ4v) is 4.72. The normalized spacial score (nSPS) is 14.7. The van der Waals surface area contributed by atoms with Crippen LogP contribution in [0.25, 0.3) is 10.9 Å². The van der Waals surface area contributed by atoms with E-state index in [-0.39, 0.29) is 12.5 Å². The number of nitrogens with zero attached hydrogens (tertiary/aromatic N) is 5. The fourth-order valence-electron chi connectivity index (χ4n) is 4.72. The molecule has 0 unspecified atom stereocenters. The summed E-state index contributed by atoms with van der Waals surface area (Å²) < 4.78 is 3.95. The second-order valence-corrected chi connectivity index (χ2v) is 9.34. The molecule has 1 fully saturated rings. The molecule has 33 heavy (non-hydrogen) atoms. The molecular formula is C26H38N6O. The van der Waals surface area contributed by atoms with Gasteiger partial charge in [-0.2, -0.15) is 0 Å². The van der Waals surface area contributed by atoms with Gasteiger partial charge < -0.3 is 9.88 Å². The van der Waals surface area contributed by atoms with Gasteiger partial charge in [0.05, 0.1) is 11.9 Å². The highest BCUT2D eigenvalue weighted by Crippen LogP contribution is 2.21. The molecule has 1 N–H and O–H groups in total. The minimum atomic E-state index is -0.0877. The summed E-state index contributed by atoms with van der Waals surface area (Å²) in [6, 6.07) is 8.27. The van der Waals surface area contributed by atoms with Gasteiger partial charge in [0.25, 0.3) is 0 Å². The lowest BCUT2D eigenvalue weighted by atomic mass is 10.1. The van der Waals surface area contributed by atoms with Gasteiger partial charge in [0, 0.05) is 35.9 Å². The van der Waals surface area contributed by atoms with Crippen molar-refractivity contribution < 1.29 is 4.79 Å². The van der Waals surface area contributed by atoms with Crippen LogP contribution in [0.3, 0.4) is 0 Å². The molecule has 1 aliphatic rings. The number of piperidine rings is 1. The van der Waals surface area contributed by atoms with Crippen molar-refractivity contribution in [1.29, 1.82) is 0 Å². The van der Waals surface area contributed by atoms with Gasteiger partial charge in [-0.3, -0.25) is 9.69 Å². The van der Waals surface area contributed by atoms with Crippen molar-refractivity contribution in [3.63, 3.8) is 0 Å². The van der Waals surface area contributed by atoms with Crippen LogP contribution in [0.4, 0.5) is 5.69 Å². The number of benzene rings is 1. The first-order chi connectivity index (χ1) is 16.2. The Hall–Kier alpha value is -2.67. The van der Waals surface area contributed by atoms with Crippen LogP contribution in [0.2, 0.25) is 0 Å². The van der Waals surface area contributed by atoms with Gasteiger partial charge in [-0.15, -0.1) is 5.10 Å². The Bertz CT molecular complexity index is 1020. The average molecular weight is 451 g/mol. The van der Waals surface area contributed by atoms with Crippen LogP contribution in [0.1, 0.15) is 70.4 Å². The van der Waals surface area contributed by atoms with Gasteiger partial charge in [-0.05, 0) is 56.6 Å². The van der Waals surface area contributed by atoms with Gasteiger partial charge in [-0.1, -0.05) is 50.7 Å². The Kier molecular flexibility index (Phi) is 8.53. The number of amides is 1. The van der Waals surface area contributed by atoms with E-state index in [0.717, 1.165) is 42.9 Å². The molecule has 4 rings (SSSR count). The molecule has 1 aromatic carbocycles. The van der Waals surface area contributed by atoms with Gasteiger partial charge in [0.2, 0.25) is 5.91 Å². The summed E-state index contributed by atoms with van der Waals surface area (Å²) in [7, 11) is 0. The van der Waals surface area contributed by atoms with Gasteiger partial charge in [0.15, 0.2) is 0 Å². The number of nitrogens with one attached hydrogen (secondary N) is 1. The number of hydrogen-bond acceptors (Lipinski definition) is 4. The number of rotatable bonds is 12. The fraction of sp³-hybridized carbons (Fsp3) is 0.577. The third-order valence-corrected chi connectivity index (χ3v) is 6.53. The Morgan fingerprint density at radius 1 is 1.03 bits per heavy atom. The molecule has 0 aliphatic carbocycles. The van der Waals surface area contributed by atoms with Crippen molar-refractivity contribution in [3.8, 4) is 0 Å². The zero-order valence-electron chi connectivity index (χ0n) is 20.0. The number of hydrogen-bond donors (Lipinski definition) is 1. The molecule has 1 amide bonds. The van der Waals surface area contributed by atoms with Crippen LogP contribution in [0.5, 0.6) is 0 Å². The van der Waals surface area contributed by atoms with Gasteiger partial charge in [-0.25, -0.2) is 4.68 Å². The summed E-state index contributed by atoms with van der Waals surface area (Å²) in [4.78, 5) is 15.0. The maximum Gasteiger partial charge on any atom is 0.246 e. The molecule has 0 atom stereocenters. The standard InChI is InChI=1S/C26H38N6O/c1-2-3-4-5-6-10-16-31-17-13-22-18-23(11-12-25(22)31)27-26(33)21-32-20-24(28-29-32)19-30-14-8-7-9-15-30/h11-13,17-18,20H,2-10,14-16,19,21H2,1H3,(H,27,33). The number of carbonyl (C=O) groups is 1. The van der Waals surface area contributed by atoms with Crippen LogP contribution in [-0.4, -0.2) is 43.5 Å². The van der Waals surface area contributed by atoms with Crippen molar-refractivity contribution in [2.24, 2.45) is 0 Å². The maximum atomic E-state index is 12.6. The molecule has 2 aromatic heterocycles. The molecule has 178 valence electrons. The lowest BCUT2D eigenvalue weighted by Gasteiger charge is -2.25. The Labute approximate surface area is 197 Å². The number of aryl methyl sites for hydroxylation is 1. The monoisotopic (exact) mass is 450 g/mol. The zero-order valence-corrected chi connectivity index (χ0v) is 20.0. The van der Waals surface area contributed by atoms with Gasteiger partial charge >= 0.3 is 0 Å². The summed E-state index contributed by atoms with van der Waals surface area (Å²) in [5.41, 5.74) is 2.97. The molecule has 3 heterocycles. The van der Waals surface area contributed by atoms with Crippen molar-refractivity contribution in [2.75, 3.05) is 18.4 Å². The first-order valence-electron chi connectivity index (χ1n) is 12.7. The number of unbranched alkanes of at least 4 members (excludes halogenated alkanes) is 5. The lowest BCUT2D eigenvalue weighted by Crippen LogP contribution is -2.29. The van der Waals surface area contributed by atoms with Crippen LogP contribution in [0, 0.1) is 0 Å². The zero-order chi connectivity index (χ0) is 22.9. The lowest BCUT2D eigenvalue weighted by molar-refractivity contribution is -0.116. The van der Waals surface area contributed by atoms with Crippen LogP contribution >= 0.6 is 0 Å². The number of aromatic nitrogens is 4. The highest BCUT2D eigenvalue weighted by molar-refractivity contribution is 5.93. The molecule has 0 saturated carbocycles. The molecule has 1 aliphatic heterocycles. The summed E-state index contributed by atoms with van der Waals surface area (Å²) in [5.74, 6) is -0.0877. The highest BCUT2D eigenvalue weighted by Gasteiger charge is 2.13. The third-order valence-electron chi connectivity index (χ3n) is 6.53. The van der Waals surface area contributed by atoms with E-state index in [0.29, 0.717) is 0 Å². The number of carbonyl (C=O) groups excluding carboxylic acids is 1. The quantitative estimate of drug-likeness (QED) is 0.384. The van der Waals surface area contributed by atoms with Crippen molar-refractivity contribution in [2.45, 2.75) is 84.3 Å². The minimum Gasteiger partial charge on any atom is -0.347 e. The number of anilines is 1. The molecule has 3 aromatic rings. The predicted octanol–water partition coefficient (Wildman–Crippen LogP) is 5.22. The average Bonchev–Trinajstić information content (AvgIpc) is 3.43. The summed E-state index contributed by atoms with van der Waals surface area (Å²) in [5, 5.41) is 12.6. The van der Waals surface area contributed by atoms with E-state index in [1.807, 2.05) is 18.3 Å². The first-order valence-corrected chi connectivity index (χ1v) is 12.7. The van der Waals surface area contributed by atoms with Crippen molar-refractivity contribution in [3.05, 3.63) is 42.4 Å². The minimum absolute atomic E-state index is 0.0877. The first kappa shape index (κ1) is 23.5. The molecule has 7 nitrogen and oxygen atoms in total. The SMILES string of the molecule is CCCCCCCCn1ccc2cc(NC(=O)Cn3cc(CN4CCCCC4)nn3)ccc21. The summed E-state index contributed by atoms with van der Waals surface area (Å²) >= 11 is 0. The molecule has 0 radical (unpaired) electrons.